The van der Waals surface area contributed by atoms with E-state index < -0.39 is 0 Å². The first-order valence-electron chi connectivity index (χ1n) is 10.6. The van der Waals surface area contributed by atoms with Crippen LogP contribution >= 0.6 is 11.3 Å². The van der Waals surface area contributed by atoms with Crippen LogP contribution in [0.3, 0.4) is 0 Å². The van der Waals surface area contributed by atoms with Gasteiger partial charge in [0.2, 0.25) is 0 Å². The van der Waals surface area contributed by atoms with Gasteiger partial charge in [-0.1, -0.05) is 44.2 Å². The van der Waals surface area contributed by atoms with Crippen LogP contribution in [0, 0.1) is 5.41 Å². The van der Waals surface area contributed by atoms with Gasteiger partial charge in [-0.2, -0.15) is 5.10 Å². The molecule has 154 valence electrons. The van der Waals surface area contributed by atoms with E-state index in [1.54, 1.807) is 11.3 Å². The summed E-state index contributed by atoms with van der Waals surface area (Å²) in [5.41, 5.74) is 6.38. The number of hydrogen-bond acceptors (Lipinski definition) is 4. The van der Waals surface area contributed by atoms with Crippen molar-refractivity contribution >= 4 is 33.7 Å². The van der Waals surface area contributed by atoms with Gasteiger partial charge in [-0.05, 0) is 41.7 Å². The molecule has 0 bridgehead atoms. The van der Waals surface area contributed by atoms with Crippen molar-refractivity contribution in [2.75, 3.05) is 5.32 Å². The number of carbonyl (C=O) groups excluding carboxylic acids is 1. The van der Waals surface area contributed by atoms with Crippen LogP contribution in [-0.2, 0) is 4.79 Å². The van der Waals surface area contributed by atoms with Crippen molar-refractivity contribution in [3.05, 3.63) is 82.5 Å². The zero-order valence-electron chi connectivity index (χ0n) is 17.5. The molecular formula is C26H23N3OS. The standard InChI is InChI=1S/C26H23N3OS/c1-26(2)12-18-22(19(30)13-26)24(21-11-10-20(31-21)15-6-4-3-5-7-15)23-17(28-18)9-8-16-14-27-29-25(16)23/h3-11,14,24,28H,12-13H2,1-2H3,(H,27,29). The first-order valence-corrected chi connectivity index (χ1v) is 11.5. The number of H-pyrrole nitrogens is 1. The van der Waals surface area contributed by atoms with E-state index in [1.807, 2.05) is 12.3 Å². The number of ketones is 1. The van der Waals surface area contributed by atoms with Gasteiger partial charge in [0.1, 0.15) is 0 Å². The summed E-state index contributed by atoms with van der Waals surface area (Å²) in [6, 6.07) is 19.0. The number of Topliss-reactive ketones (excluding diaryl/α,β-unsaturated/α-hetero) is 1. The lowest BCUT2D eigenvalue weighted by atomic mass is 9.69. The molecule has 4 aromatic rings. The van der Waals surface area contributed by atoms with Gasteiger partial charge < -0.3 is 5.32 Å². The number of fused-ring (bicyclic) bond motifs is 3. The molecule has 0 radical (unpaired) electrons. The Morgan fingerprint density at radius 2 is 1.87 bits per heavy atom. The first-order chi connectivity index (χ1) is 15.0. The third-order valence-electron chi connectivity index (χ3n) is 6.41. The highest BCUT2D eigenvalue weighted by atomic mass is 32.1. The van der Waals surface area contributed by atoms with Crippen LogP contribution in [0.4, 0.5) is 5.69 Å². The van der Waals surface area contributed by atoms with Gasteiger partial charge in [-0.3, -0.25) is 9.89 Å². The van der Waals surface area contributed by atoms with Crippen molar-refractivity contribution in [1.82, 2.24) is 10.2 Å². The minimum Gasteiger partial charge on any atom is -0.358 e. The number of rotatable bonds is 2. The molecule has 1 aliphatic carbocycles. The number of hydrogen-bond donors (Lipinski definition) is 2. The molecule has 0 fully saturated rings. The average molecular weight is 426 g/mol. The van der Waals surface area contributed by atoms with Gasteiger partial charge in [-0.15, -0.1) is 11.3 Å². The molecule has 3 heterocycles. The van der Waals surface area contributed by atoms with E-state index in [4.69, 9.17) is 0 Å². The lowest BCUT2D eigenvalue weighted by Crippen LogP contribution is -2.33. The van der Waals surface area contributed by atoms with Crippen LogP contribution in [0.2, 0.25) is 0 Å². The lowest BCUT2D eigenvalue weighted by Gasteiger charge is -2.39. The lowest BCUT2D eigenvalue weighted by molar-refractivity contribution is -0.118. The fraction of sp³-hybridized carbons (Fsp3) is 0.231. The molecule has 1 unspecified atom stereocenters. The molecular weight excluding hydrogens is 402 g/mol. The number of nitrogens with one attached hydrogen (secondary N) is 2. The van der Waals surface area contributed by atoms with Gasteiger partial charge in [-0.25, -0.2) is 0 Å². The normalized spacial score (nSPS) is 19.8. The second-order valence-corrected chi connectivity index (χ2v) is 10.4. The third kappa shape index (κ3) is 2.95. The maximum absolute atomic E-state index is 13.5. The van der Waals surface area contributed by atoms with Crippen molar-refractivity contribution in [3.63, 3.8) is 0 Å². The van der Waals surface area contributed by atoms with Crippen LogP contribution in [0.1, 0.15) is 43.0 Å². The Balaban J connectivity index is 1.58. The fourth-order valence-corrected chi connectivity index (χ4v) is 6.22. The predicted octanol–water partition coefficient (Wildman–Crippen LogP) is 6.49. The zero-order valence-corrected chi connectivity index (χ0v) is 18.3. The fourth-order valence-electron chi connectivity index (χ4n) is 5.08. The van der Waals surface area contributed by atoms with Crippen molar-refractivity contribution in [2.24, 2.45) is 5.41 Å². The average Bonchev–Trinajstić information content (AvgIpc) is 3.41. The van der Waals surface area contributed by atoms with Gasteiger partial charge >= 0.3 is 0 Å². The smallest absolute Gasteiger partial charge is 0.162 e. The van der Waals surface area contributed by atoms with E-state index in [0.29, 0.717) is 6.42 Å². The van der Waals surface area contributed by atoms with Crippen molar-refractivity contribution in [3.8, 4) is 10.4 Å². The summed E-state index contributed by atoms with van der Waals surface area (Å²) in [5.74, 6) is 0.169. The molecule has 2 aliphatic rings. The molecule has 2 aromatic heterocycles. The minimum absolute atomic E-state index is 0.0340. The monoisotopic (exact) mass is 425 g/mol. The van der Waals surface area contributed by atoms with Crippen molar-refractivity contribution in [2.45, 2.75) is 32.6 Å². The summed E-state index contributed by atoms with van der Waals surface area (Å²) >= 11 is 1.78. The highest BCUT2D eigenvalue weighted by Gasteiger charge is 2.42. The predicted molar refractivity (Wildman–Crippen MR) is 126 cm³/mol. The Bertz CT molecular complexity index is 1360. The Hall–Kier alpha value is -3.18. The second kappa shape index (κ2) is 6.66. The third-order valence-corrected chi connectivity index (χ3v) is 7.61. The number of thiophene rings is 1. The summed E-state index contributed by atoms with van der Waals surface area (Å²) in [4.78, 5) is 15.9. The Morgan fingerprint density at radius 1 is 1.03 bits per heavy atom. The first kappa shape index (κ1) is 18.6. The maximum Gasteiger partial charge on any atom is 0.162 e. The second-order valence-electron chi connectivity index (χ2n) is 9.32. The molecule has 6 rings (SSSR count). The van der Waals surface area contributed by atoms with Gasteiger partial charge in [0.25, 0.3) is 0 Å². The van der Waals surface area contributed by atoms with E-state index in [0.717, 1.165) is 39.8 Å². The molecule has 4 nitrogen and oxygen atoms in total. The molecule has 2 aromatic carbocycles. The van der Waals surface area contributed by atoms with Gasteiger partial charge in [0.15, 0.2) is 5.78 Å². The molecule has 0 saturated heterocycles. The molecule has 31 heavy (non-hydrogen) atoms. The SMILES string of the molecule is CC1(C)CC(=O)C2=C(C1)Nc1ccc3cn[nH]c3c1C2c1ccc(-c2ccccc2)s1. The number of aromatic nitrogens is 2. The van der Waals surface area contributed by atoms with Crippen LogP contribution in [-0.4, -0.2) is 16.0 Å². The van der Waals surface area contributed by atoms with E-state index in [-0.39, 0.29) is 17.1 Å². The van der Waals surface area contributed by atoms with E-state index >= 15 is 0 Å². The summed E-state index contributed by atoms with van der Waals surface area (Å²) in [6.45, 7) is 4.36. The Morgan fingerprint density at radius 3 is 2.71 bits per heavy atom. The van der Waals surface area contributed by atoms with Crippen LogP contribution in [0.5, 0.6) is 0 Å². The number of nitrogens with zero attached hydrogens (tertiary/aromatic N) is 1. The highest BCUT2D eigenvalue weighted by Crippen LogP contribution is 2.52. The molecule has 1 atom stereocenters. The molecule has 0 saturated carbocycles. The summed E-state index contributed by atoms with van der Waals surface area (Å²) < 4.78 is 0. The van der Waals surface area contributed by atoms with Crippen molar-refractivity contribution < 1.29 is 4.79 Å². The maximum atomic E-state index is 13.5. The number of allylic oxidation sites excluding steroid dienone is 2. The minimum atomic E-state index is -0.0820. The Kier molecular flexibility index (Phi) is 3.99. The van der Waals surface area contributed by atoms with Crippen molar-refractivity contribution in [1.29, 1.82) is 0 Å². The summed E-state index contributed by atoms with van der Waals surface area (Å²) in [5, 5.41) is 12.2. The topological polar surface area (TPSA) is 57.8 Å². The van der Waals surface area contributed by atoms with Crippen LogP contribution in [0.15, 0.2) is 72.1 Å². The summed E-state index contributed by atoms with van der Waals surface area (Å²) in [7, 11) is 0. The molecule has 0 amide bonds. The molecule has 2 N–H and O–H groups in total. The number of carbonyl (C=O) groups is 1. The molecule has 1 aliphatic heterocycles. The van der Waals surface area contributed by atoms with Crippen LogP contribution < -0.4 is 5.32 Å². The summed E-state index contributed by atoms with van der Waals surface area (Å²) in [6.07, 6.45) is 3.31. The van der Waals surface area contributed by atoms with Gasteiger partial charge in [0, 0.05) is 44.1 Å². The number of aromatic amines is 1. The quantitative estimate of drug-likeness (QED) is 0.386. The van der Waals surface area contributed by atoms with E-state index in [1.165, 1.54) is 15.3 Å². The Labute approximate surface area is 185 Å². The van der Waals surface area contributed by atoms with E-state index in [2.05, 4.69) is 77.9 Å². The molecule has 5 heteroatoms. The zero-order chi connectivity index (χ0) is 21.2. The van der Waals surface area contributed by atoms with E-state index in [9.17, 15) is 4.79 Å². The molecule has 0 spiro atoms. The van der Waals surface area contributed by atoms with Crippen LogP contribution in [0.25, 0.3) is 21.3 Å². The number of benzene rings is 2. The van der Waals surface area contributed by atoms with Gasteiger partial charge in [0.05, 0.1) is 17.6 Å². The number of anilines is 1. The highest BCUT2D eigenvalue weighted by molar-refractivity contribution is 7.15. The largest absolute Gasteiger partial charge is 0.358 e.